The Kier molecular flexibility index (Phi) is 4.40. The fourth-order valence-electron chi connectivity index (χ4n) is 5.79. The van der Waals surface area contributed by atoms with E-state index in [1.165, 1.54) is 49.4 Å². The summed E-state index contributed by atoms with van der Waals surface area (Å²) in [5, 5.41) is 7.31. The van der Waals surface area contributed by atoms with Crippen molar-refractivity contribution in [2.45, 2.75) is 0 Å². The maximum absolute atomic E-state index is 6.12. The zero-order chi connectivity index (χ0) is 24.5. The van der Waals surface area contributed by atoms with Crippen LogP contribution in [-0.2, 0) is 0 Å². The minimum atomic E-state index is 0.898. The SMILES string of the molecule is Brc1cccc2oc3ccc(-c4ccc5c(c4)c4c6ccccc6ccc4n5-c4ccccc4)cc3c12. The van der Waals surface area contributed by atoms with Gasteiger partial charge in [0, 0.05) is 31.7 Å². The van der Waals surface area contributed by atoms with Crippen molar-refractivity contribution >= 4 is 70.4 Å². The fourth-order valence-corrected chi connectivity index (χ4v) is 6.35. The van der Waals surface area contributed by atoms with Crippen LogP contribution in [0, 0.1) is 0 Å². The second kappa shape index (κ2) is 7.83. The Hall–Kier alpha value is -4.34. The monoisotopic (exact) mass is 537 g/mol. The standard InChI is InChI=1S/C34H20BrNO/c35-28-11-6-12-32-34(28)27-20-23(15-18-31(27)37-32)22-14-16-29-26(19-22)33-25-10-5-4-7-21(25)13-17-30(33)36(29)24-8-2-1-3-9-24/h1-20H. The largest absolute Gasteiger partial charge is 0.456 e. The third-order valence-corrected chi connectivity index (χ3v) is 8.11. The Morgan fingerprint density at radius 3 is 2.16 bits per heavy atom. The molecule has 0 bridgehead atoms. The first kappa shape index (κ1) is 20.8. The molecule has 0 aliphatic carbocycles. The molecule has 0 aliphatic rings. The summed E-state index contributed by atoms with van der Waals surface area (Å²) in [6.07, 6.45) is 0. The molecule has 8 rings (SSSR count). The maximum atomic E-state index is 6.12. The van der Waals surface area contributed by atoms with Gasteiger partial charge in [-0.05, 0) is 76.5 Å². The van der Waals surface area contributed by atoms with Crippen LogP contribution in [-0.4, -0.2) is 4.57 Å². The summed E-state index contributed by atoms with van der Waals surface area (Å²) >= 11 is 3.72. The summed E-state index contributed by atoms with van der Waals surface area (Å²) in [6.45, 7) is 0. The highest BCUT2D eigenvalue weighted by Gasteiger charge is 2.16. The van der Waals surface area contributed by atoms with Gasteiger partial charge < -0.3 is 8.98 Å². The number of hydrogen-bond acceptors (Lipinski definition) is 1. The molecule has 0 fully saturated rings. The van der Waals surface area contributed by atoms with Gasteiger partial charge in [0.2, 0.25) is 0 Å². The van der Waals surface area contributed by atoms with Crippen molar-refractivity contribution < 1.29 is 4.42 Å². The second-order valence-corrected chi connectivity index (χ2v) is 10.4. The Bertz CT molecular complexity index is 2150. The zero-order valence-electron chi connectivity index (χ0n) is 19.8. The number of rotatable bonds is 2. The van der Waals surface area contributed by atoms with Crippen LogP contribution in [0.1, 0.15) is 0 Å². The molecule has 0 radical (unpaired) electrons. The molecule has 2 aromatic heterocycles. The Morgan fingerprint density at radius 2 is 1.27 bits per heavy atom. The molecule has 174 valence electrons. The van der Waals surface area contributed by atoms with Gasteiger partial charge in [-0.15, -0.1) is 0 Å². The molecule has 37 heavy (non-hydrogen) atoms. The minimum Gasteiger partial charge on any atom is -0.456 e. The van der Waals surface area contributed by atoms with Crippen LogP contribution >= 0.6 is 15.9 Å². The molecule has 2 heterocycles. The molecule has 0 aliphatic heterocycles. The molecule has 3 heteroatoms. The van der Waals surface area contributed by atoms with Gasteiger partial charge in [0.25, 0.3) is 0 Å². The Labute approximate surface area is 221 Å². The van der Waals surface area contributed by atoms with Gasteiger partial charge in [0.05, 0.1) is 11.0 Å². The molecule has 0 atom stereocenters. The summed E-state index contributed by atoms with van der Waals surface area (Å²) in [7, 11) is 0. The summed E-state index contributed by atoms with van der Waals surface area (Å²) in [5.41, 5.74) is 7.76. The molecule has 0 amide bonds. The van der Waals surface area contributed by atoms with Crippen LogP contribution in [0.3, 0.4) is 0 Å². The van der Waals surface area contributed by atoms with Gasteiger partial charge in [-0.2, -0.15) is 0 Å². The van der Waals surface area contributed by atoms with Crippen molar-refractivity contribution in [3.63, 3.8) is 0 Å². The molecule has 0 saturated heterocycles. The molecule has 0 saturated carbocycles. The third kappa shape index (κ3) is 3.04. The average Bonchev–Trinajstić information content (AvgIpc) is 3.49. The van der Waals surface area contributed by atoms with Crippen molar-refractivity contribution in [2.24, 2.45) is 0 Å². The van der Waals surface area contributed by atoms with Crippen molar-refractivity contribution in [3.05, 3.63) is 126 Å². The molecule has 6 aromatic carbocycles. The van der Waals surface area contributed by atoms with Crippen LogP contribution in [0.5, 0.6) is 0 Å². The molecule has 0 unspecified atom stereocenters. The number of halogens is 1. The predicted molar refractivity (Wildman–Crippen MR) is 159 cm³/mol. The summed E-state index contributed by atoms with van der Waals surface area (Å²) < 4.78 is 9.55. The van der Waals surface area contributed by atoms with E-state index in [1.54, 1.807) is 0 Å². The molecule has 0 spiro atoms. The Balaban J connectivity index is 1.45. The average molecular weight is 538 g/mol. The van der Waals surface area contributed by atoms with Gasteiger partial charge in [-0.25, -0.2) is 0 Å². The topological polar surface area (TPSA) is 18.1 Å². The number of fused-ring (bicyclic) bond motifs is 8. The van der Waals surface area contributed by atoms with Crippen molar-refractivity contribution in [1.82, 2.24) is 4.57 Å². The van der Waals surface area contributed by atoms with E-state index in [1.807, 2.05) is 12.1 Å². The minimum absolute atomic E-state index is 0.898. The molecule has 0 N–H and O–H groups in total. The summed E-state index contributed by atoms with van der Waals surface area (Å²) in [4.78, 5) is 0. The van der Waals surface area contributed by atoms with E-state index < -0.39 is 0 Å². The number of benzene rings is 6. The molecule has 8 aromatic rings. The highest BCUT2D eigenvalue weighted by Crippen LogP contribution is 2.40. The van der Waals surface area contributed by atoms with E-state index in [0.717, 1.165) is 26.4 Å². The molecule has 2 nitrogen and oxygen atoms in total. The lowest BCUT2D eigenvalue weighted by atomic mass is 9.99. The normalized spacial score (nSPS) is 11.9. The number of aromatic nitrogens is 1. The quantitative estimate of drug-likeness (QED) is 0.214. The lowest BCUT2D eigenvalue weighted by Gasteiger charge is -2.08. The van der Waals surface area contributed by atoms with Crippen molar-refractivity contribution in [2.75, 3.05) is 0 Å². The van der Waals surface area contributed by atoms with Gasteiger partial charge >= 0.3 is 0 Å². The van der Waals surface area contributed by atoms with E-state index in [-0.39, 0.29) is 0 Å². The van der Waals surface area contributed by atoms with Crippen LogP contribution in [0.2, 0.25) is 0 Å². The lowest BCUT2D eigenvalue weighted by molar-refractivity contribution is 0.669. The number of para-hydroxylation sites is 1. The number of furan rings is 1. The number of nitrogens with zero attached hydrogens (tertiary/aromatic N) is 1. The van der Waals surface area contributed by atoms with E-state index in [0.29, 0.717) is 0 Å². The summed E-state index contributed by atoms with van der Waals surface area (Å²) in [6, 6.07) is 43.2. The lowest BCUT2D eigenvalue weighted by Crippen LogP contribution is -1.93. The second-order valence-electron chi connectivity index (χ2n) is 9.51. The first-order chi connectivity index (χ1) is 18.3. The number of hydrogen-bond donors (Lipinski definition) is 0. The van der Waals surface area contributed by atoms with E-state index in [4.69, 9.17) is 4.42 Å². The summed E-state index contributed by atoms with van der Waals surface area (Å²) in [5.74, 6) is 0. The molecular formula is C34H20BrNO. The van der Waals surface area contributed by atoms with E-state index >= 15 is 0 Å². The highest BCUT2D eigenvalue weighted by atomic mass is 79.9. The maximum Gasteiger partial charge on any atom is 0.136 e. The van der Waals surface area contributed by atoms with Crippen LogP contribution < -0.4 is 0 Å². The van der Waals surface area contributed by atoms with Gasteiger partial charge in [-0.1, -0.05) is 82.7 Å². The Morgan fingerprint density at radius 1 is 0.514 bits per heavy atom. The third-order valence-electron chi connectivity index (χ3n) is 7.45. The molecular weight excluding hydrogens is 518 g/mol. The van der Waals surface area contributed by atoms with Crippen molar-refractivity contribution in [1.29, 1.82) is 0 Å². The van der Waals surface area contributed by atoms with Gasteiger partial charge in [-0.3, -0.25) is 0 Å². The van der Waals surface area contributed by atoms with Gasteiger partial charge in [0.15, 0.2) is 0 Å². The van der Waals surface area contributed by atoms with E-state index in [2.05, 4.69) is 130 Å². The zero-order valence-corrected chi connectivity index (χ0v) is 21.4. The first-order valence-electron chi connectivity index (χ1n) is 12.4. The van der Waals surface area contributed by atoms with Crippen molar-refractivity contribution in [3.8, 4) is 16.8 Å². The predicted octanol–water partition coefficient (Wildman–Crippen LogP) is 10.3. The van der Waals surface area contributed by atoms with Gasteiger partial charge in [0.1, 0.15) is 11.2 Å². The first-order valence-corrected chi connectivity index (χ1v) is 13.2. The van der Waals surface area contributed by atoms with E-state index in [9.17, 15) is 0 Å². The van der Waals surface area contributed by atoms with Crippen LogP contribution in [0.15, 0.2) is 130 Å². The smallest absolute Gasteiger partial charge is 0.136 e. The highest BCUT2D eigenvalue weighted by molar-refractivity contribution is 9.10. The van der Waals surface area contributed by atoms with Crippen LogP contribution in [0.25, 0.3) is 71.3 Å². The fraction of sp³-hybridized carbons (Fsp3) is 0. The van der Waals surface area contributed by atoms with Crippen LogP contribution in [0.4, 0.5) is 0 Å².